The van der Waals surface area contributed by atoms with E-state index in [-0.39, 0.29) is 17.3 Å². The number of nitrogens with two attached hydrogens (primary N) is 1. The Labute approximate surface area is 170 Å². The first-order chi connectivity index (χ1) is 13.9. The van der Waals surface area contributed by atoms with E-state index in [1.165, 1.54) is 37.2 Å². The zero-order chi connectivity index (χ0) is 21.0. The average molecular weight is 399 g/mol. The Morgan fingerprint density at radius 2 is 2.03 bits per heavy atom. The fourth-order valence-corrected chi connectivity index (χ4v) is 3.88. The monoisotopic (exact) mass is 398 g/mol. The third-order valence-corrected chi connectivity index (χ3v) is 5.55. The van der Waals surface area contributed by atoms with Gasteiger partial charge in [-0.1, -0.05) is 25.7 Å². The number of rotatable bonds is 7. The Hall–Kier alpha value is -2.90. The molecule has 1 amide bonds. The van der Waals surface area contributed by atoms with Crippen LogP contribution in [0.2, 0.25) is 0 Å². The molecule has 0 atom stereocenters. The van der Waals surface area contributed by atoms with Gasteiger partial charge in [0, 0.05) is 37.6 Å². The van der Waals surface area contributed by atoms with Gasteiger partial charge in [0.15, 0.2) is 5.82 Å². The van der Waals surface area contributed by atoms with Crippen molar-refractivity contribution >= 4 is 17.5 Å². The molecule has 0 radical (unpaired) electrons. The maximum atomic E-state index is 13.1. The molecule has 156 valence electrons. The van der Waals surface area contributed by atoms with Crippen LogP contribution in [0, 0.1) is 19.8 Å². The van der Waals surface area contributed by atoms with Crippen LogP contribution in [0.25, 0.3) is 5.69 Å². The highest BCUT2D eigenvalue weighted by Gasteiger charge is 2.17. The van der Waals surface area contributed by atoms with Gasteiger partial charge in [0.1, 0.15) is 5.82 Å². The van der Waals surface area contributed by atoms with Crippen molar-refractivity contribution in [2.24, 2.45) is 5.92 Å². The van der Waals surface area contributed by atoms with E-state index >= 15 is 0 Å². The fourth-order valence-electron chi connectivity index (χ4n) is 3.88. The molecular weight excluding hydrogens is 368 g/mol. The maximum Gasteiger partial charge on any atom is 0.298 e. The molecule has 0 spiro atoms. The van der Waals surface area contributed by atoms with Gasteiger partial charge in [0.25, 0.3) is 5.56 Å². The quantitative estimate of drug-likeness (QED) is 0.660. The molecule has 0 aliphatic heterocycles. The smallest absolute Gasteiger partial charge is 0.298 e. The molecule has 3 rings (SSSR count). The van der Waals surface area contributed by atoms with E-state index in [0.717, 1.165) is 30.1 Å². The van der Waals surface area contributed by atoms with Crippen LogP contribution in [0.4, 0.5) is 11.6 Å². The molecule has 1 aliphatic carbocycles. The maximum absolute atomic E-state index is 13.1. The molecule has 1 fully saturated rings. The van der Waals surface area contributed by atoms with Gasteiger partial charge in [-0.25, -0.2) is 9.97 Å². The number of pyridine rings is 1. The molecule has 4 N–H and O–H groups in total. The lowest BCUT2D eigenvalue weighted by Gasteiger charge is -2.16. The highest BCUT2D eigenvalue weighted by Crippen LogP contribution is 2.27. The molecule has 0 unspecified atom stereocenters. The Balaban J connectivity index is 1.88. The molecule has 8 nitrogen and oxygen atoms in total. The summed E-state index contributed by atoms with van der Waals surface area (Å²) in [6, 6.07) is 1.81. The lowest BCUT2D eigenvalue weighted by Crippen LogP contribution is -2.27. The minimum Gasteiger partial charge on any atom is -0.382 e. The second-order valence-corrected chi connectivity index (χ2v) is 7.80. The summed E-state index contributed by atoms with van der Waals surface area (Å²) in [6.07, 6.45) is 7.86. The molecule has 1 aliphatic rings. The summed E-state index contributed by atoms with van der Waals surface area (Å²) in [5, 5.41) is 5.96. The minimum absolute atomic E-state index is 0.131. The Morgan fingerprint density at radius 1 is 1.31 bits per heavy atom. The van der Waals surface area contributed by atoms with Crippen molar-refractivity contribution in [3.8, 4) is 5.69 Å². The number of nitrogens with zero attached hydrogens (tertiary/aromatic N) is 3. The first-order valence-electron chi connectivity index (χ1n) is 10.2. The predicted octanol–water partition coefficient (Wildman–Crippen LogP) is 2.45. The molecule has 8 heteroatoms. The number of aryl methyl sites for hydroxylation is 2. The molecule has 0 saturated heterocycles. The highest BCUT2D eigenvalue weighted by molar-refractivity contribution is 5.73. The number of hydrogen-bond donors (Lipinski definition) is 3. The summed E-state index contributed by atoms with van der Waals surface area (Å²) in [6.45, 7) is 6.15. The summed E-state index contributed by atoms with van der Waals surface area (Å²) in [5.41, 5.74) is 8.59. The number of carbonyl (C=O) groups is 1. The Kier molecular flexibility index (Phi) is 6.51. The number of carbonyl (C=O) groups excluding carboxylic acids is 1. The van der Waals surface area contributed by atoms with Crippen molar-refractivity contribution in [1.29, 1.82) is 0 Å². The van der Waals surface area contributed by atoms with Gasteiger partial charge >= 0.3 is 0 Å². The van der Waals surface area contributed by atoms with Crippen molar-refractivity contribution in [3.05, 3.63) is 39.6 Å². The van der Waals surface area contributed by atoms with Gasteiger partial charge < -0.3 is 16.4 Å². The molecule has 2 aromatic rings. The van der Waals surface area contributed by atoms with Gasteiger partial charge in [0.05, 0.1) is 5.69 Å². The number of amides is 1. The number of nitrogen functional groups attached to an aromatic ring is 1. The molecule has 1 saturated carbocycles. The van der Waals surface area contributed by atoms with Crippen LogP contribution in [0.1, 0.15) is 56.0 Å². The van der Waals surface area contributed by atoms with E-state index in [9.17, 15) is 9.59 Å². The standard InChI is InChI=1S/C21H30N6O2/c1-13-11-25-20(23-9-8-16-6-4-5-7-16)21(29)27(13)18-10-17(12-24-15(3)28)14(2)26-19(18)22/h10-11,16H,4-9,12H2,1-3H3,(H2,22,26)(H,23,25)(H,24,28). The van der Waals surface area contributed by atoms with Crippen LogP contribution < -0.4 is 21.9 Å². The van der Waals surface area contributed by atoms with Gasteiger partial charge in [-0.2, -0.15) is 0 Å². The van der Waals surface area contributed by atoms with Crippen molar-refractivity contribution in [1.82, 2.24) is 19.9 Å². The summed E-state index contributed by atoms with van der Waals surface area (Å²) < 4.78 is 1.53. The molecule has 29 heavy (non-hydrogen) atoms. The largest absolute Gasteiger partial charge is 0.382 e. The zero-order valence-electron chi connectivity index (χ0n) is 17.4. The van der Waals surface area contributed by atoms with Crippen molar-refractivity contribution in [3.63, 3.8) is 0 Å². The number of nitrogens with one attached hydrogen (secondary N) is 2. The van der Waals surface area contributed by atoms with Gasteiger partial charge in [-0.15, -0.1) is 0 Å². The second kappa shape index (κ2) is 9.07. The lowest BCUT2D eigenvalue weighted by molar-refractivity contribution is -0.119. The number of anilines is 2. The second-order valence-electron chi connectivity index (χ2n) is 7.80. The van der Waals surface area contributed by atoms with Crippen LogP contribution in [0.15, 0.2) is 17.1 Å². The summed E-state index contributed by atoms with van der Waals surface area (Å²) >= 11 is 0. The average Bonchev–Trinajstić information content (AvgIpc) is 3.17. The SMILES string of the molecule is CC(=O)NCc1cc(-n2c(C)cnc(NCCC3CCCC3)c2=O)c(N)nc1C. The van der Waals surface area contributed by atoms with Gasteiger partial charge in [-0.3, -0.25) is 14.2 Å². The summed E-state index contributed by atoms with van der Waals surface area (Å²) in [4.78, 5) is 33.1. The Bertz CT molecular complexity index is 947. The van der Waals surface area contributed by atoms with E-state index in [4.69, 9.17) is 5.73 Å². The zero-order valence-corrected chi connectivity index (χ0v) is 17.4. The fraction of sp³-hybridized carbons (Fsp3) is 0.524. The van der Waals surface area contributed by atoms with Crippen molar-refractivity contribution in [2.45, 2.75) is 59.4 Å². The van der Waals surface area contributed by atoms with Gasteiger partial charge in [0.2, 0.25) is 5.91 Å². The first-order valence-corrected chi connectivity index (χ1v) is 10.2. The lowest BCUT2D eigenvalue weighted by atomic mass is 10.0. The van der Waals surface area contributed by atoms with Crippen LogP contribution >= 0.6 is 0 Å². The molecule has 2 aromatic heterocycles. The van der Waals surface area contributed by atoms with E-state index in [0.29, 0.717) is 23.7 Å². The van der Waals surface area contributed by atoms with Crippen LogP contribution in [-0.4, -0.2) is 27.0 Å². The van der Waals surface area contributed by atoms with E-state index in [1.54, 1.807) is 6.20 Å². The molecular formula is C21H30N6O2. The summed E-state index contributed by atoms with van der Waals surface area (Å²) in [5.74, 6) is 1.19. The van der Waals surface area contributed by atoms with Crippen LogP contribution in [0.3, 0.4) is 0 Å². The van der Waals surface area contributed by atoms with Crippen molar-refractivity contribution in [2.75, 3.05) is 17.6 Å². The molecule has 0 bridgehead atoms. The number of hydrogen-bond acceptors (Lipinski definition) is 6. The Morgan fingerprint density at radius 3 is 2.72 bits per heavy atom. The predicted molar refractivity (Wildman–Crippen MR) is 114 cm³/mol. The minimum atomic E-state index is -0.251. The molecule has 0 aromatic carbocycles. The first kappa shape index (κ1) is 20.8. The normalized spacial score (nSPS) is 14.2. The van der Waals surface area contributed by atoms with Gasteiger partial charge in [-0.05, 0) is 37.8 Å². The number of aromatic nitrogens is 3. The van der Waals surface area contributed by atoms with Crippen molar-refractivity contribution < 1.29 is 4.79 Å². The highest BCUT2D eigenvalue weighted by atomic mass is 16.1. The van der Waals surface area contributed by atoms with E-state index in [1.807, 2.05) is 19.9 Å². The van der Waals surface area contributed by atoms with E-state index in [2.05, 4.69) is 20.6 Å². The summed E-state index contributed by atoms with van der Waals surface area (Å²) in [7, 11) is 0. The topological polar surface area (TPSA) is 115 Å². The third-order valence-electron chi connectivity index (χ3n) is 5.55. The third kappa shape index (κ3) is 4.93. The van der Waals surface area contributed by atoms with E-state index < -0.39 is 0 Å². The van der Waals surface area contributed by atoms with Crippen LogP contribution in [-0.2, 0) is 11.3 Å². The molecule has 2 heterocycles. The van der Waals surface area contributed by atoms with Crippen LogP contribution in [0.5, 0.6) is 0 Å².